The molecular weight excluding hydrogens is 399 g/mol. The first kappa shape index (κ1) is 21.9. The number of halogens is 3. The SMILES string of the molecule is Cc1nn(C)c(C)c1N[C@@H](C)C(=O)Nc1cc(C(F)(F)F)ccc1N1CCOCC1. The van der Waals surface area contributed by atoms with Gasteiger partial charge < -0.3 is 20.3 Å². The van der Waals surface area contributed by atoms with Crippen LogP contribution < -0.4 is 15.5 Å². The Morgan fingerprint density at radius 3 is 2.47 bits per heavy atom. The smallest absolute Gasteiger partial charge is 0.378 e. The molecule has 30 heavy (non-hydrogen) atoms. The molecule has 0 radical (unpaired) electrons. The average Bonchev–Trinajstić information content (AvgIpc) is 2.93. The second-order valence-corrected chi connectivity index (χ2v) is 7.35. The molecule has 0 saturated carbocycles. The number of carbonyl (C=O) groups is 1. The fourth-order valence-corrected chi connectivity index (χ4v) is 3.40. The van der Waals surface area contributed by atoms with Gasteiger partial charge in [-0.25, -0.2) is 0 Å². The second kappa shape index (κ2) is 8.55. The lowest BCUT2D eigenvalue weighted by atomic mass is 10.1. The molecule has 1 aliphatic rings. The molecule has 1 aliphatic heterocycles. The summed E-state index contributed by atoms with van der Waals surface area (Å²) in [4.78, 5) is 14.7. The lowest BCUT2D eigenvalue weighted by Crippen LogP contribution is -2.38. The Kier molecular flexibility index (Phi) is 6.25. The number of aromatic nitrogens is 2. The van der Waals surface area contributed by atoms with Gasteiger partial charge in [-0.05, 0) is 39.0 Å². The molecule has 1 fully saturated rings. The molecule has 0 aliphatic carbocycles. The van der Waals surface area contributed by atoms with Crippen LogP contribution in [0.15, 0.2) is 18.2 Å². The number of morpholine rings is 1. The summed E-state index contributed by atoms with van der Waals surface area (Å²) >= 11 is 0. The van der Waals surface area contributed by atoms with Gasteiger partial charge in [0.1, 0.15) is 6.04 Å². The van der Waals surface area contributed by atoms with Crippen molar-refractivity contribution in [1.82, 2.24) is 9.78 Å². The number of anilines is 3. The van der Waals surface area contributed by atoms with Crippen molar-refractivity contribution in [2.45, 2.75) is 33.0 Å². The van der Waals surface area contributed by atoms with Crippen molar-refractivity contribution in [3.05, 3.63) is 35.2 Å². The van der Waals surface area contributed by atoms with Crippen LogP contribution in [0.4, 0.5) is 30.2 Å². The maximum atomic E-state index is 13.2. The highest BCUT2D eigenvalue weighted by Crippen LogP contribution is 2.36. The van der Waals surface area contributed by atoms with Gasteiger partial charge in [-0.3, -0.25) is 9.48 Å². The van der Waals surface area contributed by atoms with Gasteiger partial charge in [0.2, 0.25) is 5.91 Å². The van der Waals surface area contributed by atoms with Gasteiger partial charge in [0, 0.05) is 20.1 Å². The number of ether oxygens (including phenoxy) is 1. The van der Waals surface area contributed by atoms with E-state index in [1.807, 2.05) is 18.7 Å². The lowest BCUT2D eigenvalue weighted by Gasteiger charge is -2.31. The Hall–Kier alpha value is -2.75. The van der Waals surface area contributed by atoms with Crippen molar-refractivity contribution in [3.63, 3.8) is 0 Å². The largest absolute Gasteiger partial charge is 0.416 e. The van der Waals surface area contributed by atoms with Gasteiger partial charge in [0.15, 0.2) is 0 Å². The number of hydrogen-bond acceptors (Lipinski definition) is 5. The predicted molar refractivity (Wildman–Crippen MR) is 109 cm³/mol. The first-order valence-electron chi connectivity index (χ1n) is 9.69. The third-order valence-electron chi connectivity index (χ3n) is 5.20. The van der Waals surface area contributed by atoms with E-state index in [4.69, 9.17) is 4.74 Å². The molecule has 1 atom stereocenters. The average molecular weight is 425 g/mol. The Morgan fingerprint density at radius 2 is 1.90 bits per heavy atom. The maximum Gasteiger partial charge on any atom is 0.416 e. The zero-order chi connectivity index (χ0) is 22.1. The van der Waals surface area contributed by atoms with Crippen LogP contribution in [-0.2, 0) is 22.8 Å². The molecule has 2 N–H and O–H groups in total. The summed E-state index contributed by atoms with van der Waals surface area (Å²) < 4.78 is 46.8. The molecule has 10 heteroatoms. The molecule has 0 bridgehead atoms. The summed E-state index contributed by atoms with van der Waals surface area (Å²) in [5.74, 6) is -0.438. The van der Waals surface area contributed by atoms with Crippen molar-refractivity contribution < 1.29 is 22.7 Å². The second-order valence-electron chi connectivity index (χ2n) is 7.35. The van der Waals surface area contributed by atoms with E-state index >= 15 is 0 Å². The minimum absolute atomic E-state index is 0.130. The molecule has 1 aromatic heterocycles. The van der Waals surface area contributed by atoms with E-state index in [0.29, 0.717) is 32.0 Å². The fourth-order valence-electron chi connectivity index (χ4n) is 3.40. The number of amides is 1. The molecule has 0 spiro atoms. The van der Waals surface area contributed by atoms with Crippen LogP contribution in [0, 0.1) is 13.8 Å². The molecule has 7 nitrogen and oxygen atoms in total. The van der Waals surface area contributed by atoms with Crippen LogP contribution in [0.25, 0.3) is 0 Å². The van der Waals surface area contributed by atoms with E-state index in [2.05, 4.69) is 15.7 Å². The predicted octanol–water partition coefficient (Wildman–Crippen LogP) is 3.33. The molecule has 164 valence electrons. The van der Waals surface area contributed by atoms with Crippen LogP contribution >= 0.6 is 0 Å². The summed E-state index contributed by atoms with van der Waals surface area (Å²) in [6.45, 7) is 7.38. The van der Waals surface area contributed by atoms with E-state index in [1.165, 1.54) is 6.07 Å². The molecule has 3 rings (SSSR count). The summed E-state index contributed by atoms with van der Waals surface area (Å²) in [6, 6.07) is 2.73. The summed E-state index contributed by atoms with van der Waals surface area (Å²) in [7, 11) is 1.80. The van der Waals surface area contributed by atoms with E-state index in [1.54, 1.807) is 18.7 Å². The van der Waals surface area contributed by atoms with Gasteiger partial charge in [-0.1, -0.05) is 0 Å². The van der Waals surface area contributed by atoms with E-state index in [0.717, 1.165) is 29.2 Å². The standard InChI is InChI=1S/C20H26F3N5O2/c1-12-18(14(3)27(4)26-12)24-13(2)19(29)25-16-11-15(20(21,22)23)5-6-17(16)28-7-9-30-10-8-28/h5-6,11,13,24H,7-10H2,1-4H3,(H,25,29)/t13-/m0/s1. The third kappa shape index (κ3) is 4.69. The molecule has 1 amide bonds. The quantitative estimate of drug-likeness (QED) is 0.769. The highest BCUT2D eigenvalue weighted by Gasteiger charge is 2.32. The number of alkyl halides is 3. The molecule has 2 heterocycles. The van der Waals surface area contributed by atoms with E-state index in [-0.39, 0.29) is 5.69 Å². The number of rotatable bonds is 5. The summed E-state index contributed by atoms with van der Waals surface area (Å²) in [5, 5.41) is 10.1. The van der Waals surface area contributed by atoms with Crippen molar-refractivity contribution in [1.29, 1.82) is 0 Å². The third-order valence-corrected chi connectivity index (χ3v) is 5.20. The van der Waals surface area contributed by atoms with Crippen LogP contribution in [0.3, 0.4) is 0 Å². The number of carbonyl (C=O) groups excluding carboxylic acids is 1. The van der Waals surface area contributed by atoms with E-state index < -0.39 is 23.7 Å². The molecule has 1 saturated heterocycles. The van der Waals surface area contributed by atoms with Crippen molar-refractivity contribution >= 4 is 23.0 Å². The van der Waals surface area contributed by atoms with Crippen molar-refractivity contribution in [2.24, 2.45) is 7.05 Å². The first-order chi connectivity index (χ1) is 14.1. The summed E-state index contributed by atoms with van der Waals surface area (Å²) in [6.07, 6.45) is -4.50. The van der Waals surface area contributed by atoms with Crippen LogP contribution in [0.1, 0.15) is 23.9 Å². The van der Waals surface area contributed by atoms with Crippen LogP contribution in [0.2, 0.25) is 0 Å². The van der Waals surface area contributed by atoms with Crippen LogP contribution in [-0.4, -0.2) is 48.0 Å². The number of benzene rings is 1. The van der Waals surface area contributed by atoms with Crippen molar-refractivity contribution in [3.8, 4) is 0 Å². The maximum absolute atomic E-state index is 13.2. The Bertz CT molecular complexity index is 920. The number of nitrogens with zero attached hydrogens (tertiary/aromatic N) is 3. The van der Waals surface area contributed by atoms with Gasteiger partial charge in [-0.2, -0.15) is 18.3 Å². The van der Waals surface area contributed by atoms with Gasteiger partial charge in [0.05, 0.1) is 47.2 Å². The molecule has 1 aromatic carbocycles. The van der Waals surface area contributed by atoms with Gasteiger partial charge in [0.25, 0.3) is 0 Å². The Morgan fingerprint density at radius 1 is 1.23 bits per heavy atom. The minimum Gasteiger partial charge on any atom is -0.378 e. The summed E-state index contributed by atoms with van der Waals surface area (Å²) in [5.41, 5.74) is 2.19. The highest BCUT2D eigenvalue weighted by atomic mass is 19.4. The monoisotopic (exact) mass is 425 g/mol. The normalized spacial score (nSPS) is 15.8. The fraction of sp³-hybridized carbons (Fsp3) is 0.500. The topological polar surface area (TPSA) is 71.4 Å². The number of aryl methyl sites for hydroxylation is 2. The van der Waals surface area contributed by atoms with E-state index in [9.17, 15) is 18.0 Å². The first-order valence-corrected chi connectivity index (χ1v) is 9.69. The zero-order valence-electron chi connectivity index (χ0n) is 17.4. The number of nitrogens with one attached hydrogen (secondary N) is 2. The molecule has 0 unspecified atom stereocenters. The van der Waals surface area contributed by atoms with Crippen molar-refractivity contribution in [2.75, 3.05) is 41.8 Å². The minimum atomic E-state index is -4.50. The lowest BCUT2D eigenvalue weighted by molar-refractivity contribution is -0.137. The van der Waals surface area contributed by atoms with Crippen LogP contribution in [0.5, 0.6) is 0 Å². The number of hydrogen-bond donors (Lipinski definition) is 2. The molecule has 2 aromatic rings. The Balaban J connectivity index is 1.84. The Labute approximate surface area is 173 Å². The highest BCUT2D eigenvalue weighted by molar-refractivity contribution is 5.99. The zero-order valence-corrected chi connectivity index (χ0v) is 17.4. The van der Waals surface area contributed by atoms with Gasteiger partial charge >= 0.3 is 6.18 Å². The molecular formula is C20H26F3N5O2. The van der Waals surface area contributed by atoms with Gasteiger partial charge in [-0.15, -0.1) is 0 Å².